The molecule has 4 rings (SSSR count). The van der Waals surface area contributed by atoms with Crippen molar-refractivity contribution in [3.63, 3.8) is 0 Å². The maximum Gasteiger partial charge on any atom is 0.239 e. The van der Waals surface area contributed by atoms with Crippen molar-refractivity contribution in [2.45, 2.75) is 19.4 Å². The van der Waals surface area contributed by atoms with E-state index in [-0.39, 0.29) is 18.1 Å². The Morgan fingerprint density at radius 2 is 2.03 bits per heavy atom. The molecule has 0 aliphatic carbocycles. The minimum atomic E-state index is -0.718. The second-order valence-corrected chi connectivity index (χ2v) is 8.34. The number of H-pyrrole nitrogens is 1. The number of halogens is 1. The third-order valence-corrected chi connectivity index (χ3v) is 6.02. The summed E-state index contributed by atoms with van der Waals surface area (Å²) in [6.45, 7) is 6.33. The van der Waals surface area contributed by atoms with Gasteiger partial charge in [0.05, 0.1) is 18.0 Å². The minimum Gasteiger partial charge on any atom is -0.453 e. The average molecular weight is 456 g/mol. The van der Waals surface area contributed by atoms with Gasteiger partial charge in [-0.1, -0.05) is 6.07 Å². The van der Waals surface area contributed by atoms with E-state index in [1.165, 1.54) is 6.07 Å². The molecule has 0 spiro atoms. The molecular formula is C24H30FN5O3. The number of amides is 1. The normalized spacial score (nSPS) is 15.7. The average Bonchev–Trinajstić information content (AvgIpc) is 3.21. The zero-order valence-electron chi connectivity index (χ0n) is 19.0. The molecule has 176 valence electrons. The first-order valence-electron chi connectivity index (χ1n) is 11.1. The number of hydrogen-bond donors (Lipinski definition) is 2. The van der Waals surface area contributed by atoms with Crippen molar-refractivity contribution in [1.29, 1.82) is 0 Å². The van der Waals surface area contributed by atoms with E-state index >= 15 is 0 Å². The molecule has 1 saturated heterocycles. The Labute approximate surface area is 192 Å². The number of benzene rings is 1. The first-order valence-corrected chi connectivity index (χ1v) is 11.1. The SMILES string of the molecule is COCCN1CCN(C(=O)C(N)Cc2ccc(Oc3ccnc4[nH]cc(C)c34)c(F)c2)CC1. The number of hydrogen-bond acceptors (Lipinski definition) is 6. The van der Waals surface area contributed by atoms with E-state index in [1.807, 2.05) is 13.1 Å². The van der Waals surface area contributed by atoms with Crippen LogP contribution in [0.25, 0.3) is 11.0 Å². The number of ether oxygens (including phenoxy) is 2. The molecule has 33 heavy (non-hydrogen) atoms. The lowest BCUT2D eigenvalue weighted by atomic mass is 10.0. The fourth-order valence-electron chi connectivity index (χ4n) is 4.13. The molecule has 1 amide bonds. The van der Waals surface area contributed by atoms with E-state index in [2.05, 4.69) is 14.9 Å². The van der Waals surface area contributed by atoms with Crippen molar-refractivity contribution < 1.29 is 18.7 Å². The van der Waals surface area contributed by atoms with Gasteiger partial charge in [0.2, 0.25) is 5.91 Å². The van der Waals surface area contributed by atoms with Gasteiger partial charge in [0.15, 0.2) is 11.6 Å². The summed E-state index contributed by atoms with van der Waals surface area (Å²) in [5.74, 6) is 0.0298. The fourth-order valence-corrected chi connectivity index (χ4v) is 4.13. The molecule has 1 aliphatic rings. The highest BCUT2D eigenvalue weighted by molar-refractivity contribution is 5.86. The molecule has 0 radical (unpaired) electrons. The number of methoxy groups -OCH3 is 1. The number of pyridine rings is 1. The number of nitrogens with two attached hydrogens (primary N) is 1. The predicted octanol–water partition coefficient (Wildman–Crippen LogP) is 2.46. The predicted molar refractivity (Wildman–Crippen MR) is 124 cm³/mol. The van der Waals surface area contributed by atoms with E-state index < -0.39 is 11.9 Å². The fraction of sp³-hybridized carbons (Fsp3) is 0.417. The Bertz CT molecular complexity index is 1110. The van der Waals surface area contributed by atoms with Gasteiger partial charge in [-0.2, -0.15) is 0 Å². The molecule has 0 saturated carbocycles. The topological polar surface area (TPSA) is 96.7 Å². The van der Waals surface area contributed by atoms with Crippen LogP contribution in [0.3, 0.4) is 0 Å². The quantitative estimate of drug-likeness (QED) is 0.542. The Hall–Kier alpha value is -3.01. The summed E-state index contributed by atoms with van der Waals surface area (Å²) in [6.07, 6.45) is 3.71. The zero-order chi connectivity index (χ0) is 23.4. The van der Waals surface area contributed by atoms with Crippen LogP contribution in [0.15, 0.2) is 36.7 Å². The molecule has 1 aromatic carbocycles. The summed E-state index contributed by atoms with van der Waals surface area (Å²) in [4.78, 5) is 24.2. The number of carbonyl (C=O) groups is 1. The van der Waals surface area contributed by atoms with Crippen LogP contribution in [-0.2, 0) is 16.0 Å². The highest BCUT2D eigenvalue weighted by atomic mass is 19.1. The van der Waals surface area contributed by atoms with Crippen LogP contribution in [0.4, 0.5) is 4.39 Å². The van der Waals surface area contributed by atoms with E-state index in [0.29, 0.717) is 36.7 Å². The second-order valence-electron chi connectivity index (χ2n) is 8.34. The van der Waals surface area contributed by atoms with E-state index in [0.717, 1.165) is 30.6 Å². The lowest BCUT2D eigenvalue weighted by Crippen LogP contribution is -2.54. The van der Waals surface area contributed by atoms with Gasteiger partial charge >= 0.3 is 0 Å². The number of nitrogens with one attached hydrogen (secondary N) is 1. The summed E-state index contributed by atoms with van der Waals surface area (Å²) >= 11 is 0. The van der Waals surface area contributed by atoms with Crippen molar-refractivity contribution in [3.8, 4) is 11.5 Å². The van der Waals surface area contributed by atoms with E-state index in [9.17, 15) is 9.18 Å². The molecule has 3 N–H and O–H groups in total. The molecule has 0 bridgehead atoms. The first kappa shape index (κ1) is 23.2. The number of piperazine rings is 1. The molecule has 2 aromatic heterocycles. The van der Waals surface area contributed by atoms with Crippen molar-refractivity contribution in [1.82, 2.24) is 19.8 Å². The number of aromatic amines is 1. The van der Waals surface area contributed by atoms with Crippen molar-refractivity contribution in [2.24, 2.45) is 5.73 Å². The van der Waals surface area contributed by atoms with Crippen LogP contribution < -0.4 is 10.5 Å². The van der Waals surface area contributed by atoms with Crippen molar-refractivity contribution in [3.05, 3.63) is 53.6 Å². The minimum absolute atomic E-state index is 0.107. The van der Waals surface area contributed by atoms with Crippen LogP contribution in [0.2, 0.25) is 0 Å². The second kappa shape index (κ2) is 10.3. The van der Waals surface area contributed by atoms with Gasteiger partial charge in [-0.15, -0.1) is 0 Å². The zero-order valence-corrected chi connectivity index (χ0v) is 19.0. The van der Waals surface area contributed by atoms with Crippen LogP contribution in [-0.4, -0.2) is 78.2 Å². The Kier molecular flexibility index (Phi) is 7.22. The van der Waals surface area contributed by atoms with Crippen LogP contribution in [0, 0.1) is 12.7 Å². The van der Waals surface area contributed by atoms with Crippen molar-refractivity contribution >= 4 is 16.9 Å². The maximum absolute atomic E-state index is 14.8. The van der Waals surface area contributed by atoms with Crippen molar-refractivity contribution in [2.75, 3.05) is 46.4 Å². The standard InChI is InChI=1S/C24H30FN5O3/c1-16-15-28-23-22(16)21(5-6-27-23)33-20-4-3-17(13-18(20)25)14-19(26)24(31)30-9-7-29(8-10-30)11-12-32-2/h3-6,13,15,19H,7-12,14,26H2,1-2H3,(H,27,28). The van der Waals surface area contributed by atoms with E-state index in [4.69, 9.17) is 15.2 Å². The summed E-state index contributed by atoms with van der Waals surface area (Å²) in [6, 6.07) is 5.69. The van der Waals surface area contributed by atoms with Gasteiger partial charge in [-0.25, -0.2) is 9.37 Å². The Morgan fingerprint density at radius 1 is 1.24 bits per heavy atom. The third kappa shape index (κ3) is 5.32. The Morgan fingerprint density at radius 3 is 2.76 bits per heavy atom. The smallest absolute Gasteiger partial charge is 0.239 e. The number of nitrogens with zero attached hydrogens (tertiary/aromatic N) is 3. The van der Waals surface area contributed by atoms with Gasteiger partial charge in [-0.05, 0) is 42.7 Å². The number of aryl methyl sites for hydroxylation is 1. The number of fused-ring (bicyclic) bond motifs is 1. The monoisotopic (exact) mass is 455 g/mol. The van der Waals surface area contributed by atoms with Gasteiger partial charge in [0.25, 0.3) is 0 Å². The van der Waals surface area contributed by atoms with Crippen LogP contribution in [0.1, 0.15) is 11.1 Å². The molecule has 3 aromatic rings. The highest BCUT2D eigenvalue weighted by Gasteiger charge is 2.25. The largest absolute Gasteiger partial charge is 0.453 e. The van der Waals surface area contributed by atoms with Gasteiger partial charge in [-0.3, -0.25) is 9.69 Å². The molecule has 8 nitrogen and oxygen atoms in total. The summed E-state index contributed by atoms with van der Waals surface area (Å²) in [5.41, 5.74) is 8.49. The lowest BCUT2D eigenvalue weighted by Gasteiger charge is -2.35. The molecule has 9 heteroatoms. The summed E-state index contributed by atoms with van der Waals surface area (Å²) in [7, 11) is 1.68. The Balaban J connectivity index is 1.37. The first-order chi connectivity index (χ1) is 16.0. The molecular weight excluding hydrogens is 425 g/mol. The molecule has 1 aliphatic heterocycles. The van der Waals surface area contributed by atoms with Crippen LogP contribution >= 0.6 is 0 Å². The number of carbonyl (C=O) groups excluding carboxylic acids is 1. The number of rotatable bonds is 8. The van der Waals surface area contributed by atoms with Gasteiger partial charge in [0, 0.05) is 52.2 Å². The number of aromatic nitrogens is 2. The third-order valence-electron chi connectivity index (χ3n) is 6.02. The molecule has 1 atom stereocenters. The van der Waals surface area contributed by atoms with E-state index in [1.54, 1.807) is 36.4 Å². The molecule has 1 unspecified atom stereocenters. The van der Waals surface area contributed by atoms with Crippen LogP contribution in [0.5, 0.6) is 11.5 Å². The molecule has 3 heterocycles. The summed E-state index contributed by atoms with van der Waals surface area (Å²) < 4.78 is 25.8. The summed E-state index contributed by atoms with van der Waals surface area (Å²) in [5, 5.41) is 0.816. The molecule has 1 fully saturated rings. The lowest BCUT2D eigenvalue weighted by molar-refractivity contribution is -0.134. The highest BCUT2D eigenvalue weighted by Crippen LogP contribution is 2.32. The maximum atomic E-state index is 14.8. The van der Waals surface area contributed by atoms with Gasteiger partial charge < -0.3 is 25.1 Å². The van der Waals surface area contributed by atoms with Gasteiger partial charge in [0.1, 0.15) is 11.4 Å².